The first kappa shape index (κ1) is 14.1. The fourth-order valence-corrected chi connectivity index (χ4v) is 2.18. The Kier molecular flexibility index (Phi) is 4.24. The lowest BCUT2D eigenvalue weighted by Gasteiger charge is -2.07. The van der Waals surface area contributed by atoms with Crippen LogP contribution in [0.1, 0.15) is 5.56 Å². The molecule has 2 rings (SSSR count). The topological polar surface area (TPSA) is 63.1 Å². The fraction of sp³-hybridized carbons (Fsp3) is 0.0833. The van der Waals surface area contributed by atoms with Gasteiger partial charge in [-0.15, -0.1) is 0 Å². The molecule has 0 atom stereocenters. The molecule has 4 nitrogen and oxygen atoms in total. The number of carboxylic acid groups (broad SMARTS) is 1. The number of rotatable bonds is 3. The van der Waals surface area contributed by atoms with E-state index in [1.807, 2.05) is 0 Å². The van der Waals surface area contributed by atoms with Gasteiger partial charge in [0.2, 0.25) is 0 Å². The summed E-state index contributed by atoms with van der Waals surface area (Å²) in [6.45, 7) is 0. The number of hydrogen-bond donors (Lipinski definition) is 1. The number of nitrogens with zero attached hydrogens (tertiary/aromatic N) is 2. The molecule has 0 aliphatic carbocycles. The van der Waals surface area contributed by atoms with Crippen molar-refractivity contribution in [2.75, 3.05) is 0 Å². The second-order valence-electron chi connectivity index (χ2n) is 3.70. The molecular weight excluding hydrogens is 311 g/mol. The largest absolute Gasteiger partial charge is 0.481 e. The third kappa shape index (κ3) is 3.15. The minimum atomic E-state index is -0.949. The highest BCUT2D eigenvalue weighted by Crippen LogP contribution is 2.37. The van der Waals surface area contributed by atoms with Crippen molar-refractivity contribution in [1.29, 1.82) is 0 Å². The van der Waals surface area contributed by atoms with Gasteiger partial charge in [0.1, 0.15) is 0 Å². The Morgan fingerprint density at radius 2 is 1.68 bits per heavy atom. The van der Waals surface area contributed by atoms with E-state index in [0.29, 0.717) is 27.0 Å². The molecule has 0 unspecified atom stereocenters. The van der Waals surface area contributed by atoms with Gasteiger partial charge in [-0.3, -0.25) is 4.79 Å². The summed E-state index contributed by atoms with van der Waals surface area (Å²) < 4.78 is 0. The van der Waals surface area contributed by atoms with Crippen molar-refractivity contribution >= 4 is 40.8 Å². The molecule has 19 heavy (non-hydrogen) atoms. The molecule has 0 saturated heterocycles. The van der Waals surface area contributed by atoms with Crippen LogP contribution >= 0.6 is 34.8 Å². The third-order valence-electron chi connectivity index (χ3n) is 2.33. The summed E-state index contributed by atoms with van der Waals surface area (Å²) in [5.41, 5.74) is 0.920. The maximum absolute atomic E-state index is 10.6. The number of aliphatic carboxylic acids is 1. The summed E-state index contributed by atoms with van der Waals surface area (Å²) in [7, 11) is 0. The van der Waals surface area contributed by atoms with Crippen LogP contribution in [-0.4, -0.2) is 21.0 Å². The average Bonchev–Trinajstić information content (AvgIpc) is 2.36. The molecule has 2 aromatic rings. The van der Waals surface area contributed by atoms with E-state index in [1.54, 1.807) is 12.1 Å². The van der Waals surface area contributed by atoms with Gasteiger partial charge in [-0.05, 0) is 17.7 Å². The van der Waals surface area contributed by atoms with Crippen molar-refractivity contribution in [2.45, 2.75) is 6.42 Å². The maximum Gasteiger partial charge on any atom is 0.307 e. The molecule has 7 heteroatoms. The predicted molar refractivity (Wildman–Crippen MR) is 73.8 cm³/mol. The van der Waals surface area contributed by atoms with Crippen LogP contribution in [0.3, 0.4) is 0 Å². The minimum absolute atomic E-state index is 0.142. The SMILES string of the molecule is O=C(O)Cc1cnc(-c2c(Cl)ccc(Cl)c2Cl)nc1. The van der Waals surface area contributed by atoms with Crippen LogP contribution in [0.4, 0.5) is 0 Å². The molecule has 0 spiro atoms. The van der Waals surface area contributed by atoms with Crippen LogP contribution in [0.2, 0.25) is 15.1 Å². The van der Waals surface area contributed by atoms with E-state index in [4.69, 9.17) is 39.9 Å². The van der Waals surface area contributed by atoms with Crippen LogP contribution in [0, 0.1) is 0 Å². The number of benzene rings is 1. The lowest BCUT2D eigenvalue weighted by atomic mass is 10.2. The van der Waals surface area contributed by atoms with Gasteiger partial charge in [0.15, 0.2) is 5.82 Å². The van der Waals surface area contributed by atoms with Crippen LogP contribution in [-0.2, 0) is 11.2 Å². The fourth-order valence-electron chi connectivity index (χ4n) is 1.48. The number of hydrogen-bond acceptors (Lipinski definition) is 3. The average molecular weight is 318 g/mol. The Balaban J connectivity index is 2.43. The predicted octanol–water partition coefficient (Wildman–Crippen LogP) is 3.73. The lowest BCUT2D eigenvalue weighted by molar-refractivity contribution is -0.136. The first-order valence-electron chi connectivity index (χ1n) is 5.15. The molecular formula is C12H7Cl3N2O2. The molecule has 0 bridgehead atoms. The van der Waals surface area contributed by atoms with Gasteiger partial charge in [0, 0.05) is 12.4 Å². The number of halogens is 3. The quantitative estimate of drug-likeness (QED) is 0.876. The third-order valence-corrected chi connectivity index (χ3v) is 3.45. The molecule has 98 valence electrons. The van der Waals surface area contributed by atoms with E-state index in [0.717, 1.165) is 0 Å². The normalized spacial score (nSPS) is 10.5. The molecule has 1 aromatic heterocycles. The van der Waals surface area contributed by atoms with Crippen molar-refractivity contribution in [3.63, 3.8) is 0 Å². The number of carbonyl (C=O) groups is 1. The molecule has 1 aromatic carbocycles. The molecule has 0 aliphatic rings. The Labute approximate surface area is 124 Å². The molecule has 0 amide bonds. The zero-order chi connectivity index (χ0) is 14.0. The van der Waals surface area contributed by atoms with Gasteiger partial charge < -0.3 is 5.11 Å². The summed E-state index contributed by atoms with van der Waals surface area (Å²) in [4.78, 5) is 18.7. The number of aromatic nitrogens is 2. The zero-order valence-corrected chi connectivity index (χ0v) is 11.7. The molecule has 0 aliphatic heterocycles. The summed E-state index contributed by atoms with van der Waals surface area (Å²) in [6, 6.07) is 3.17. The van der Waals surface area contributed by atoms with E-state index in [9.17, 15) is 4.79 Å². The highest BCUT2D eigenvalue weighted by molar-refractivity contribution is 6.45. The Morgan fingerprint density at radius 3 is 2.26 bits per heavy atom. The molecule has 0 saturated carbocycles. The minimum Gasteiger partial charge on any atom is -0.481 e. The van der Waals surface area contributed by atoms with Crippen molar-refractivity contribution in [3.8, 4) is 11.4 Å². The van der Waals surface area contributed by atoms with Crippen LogP contribution in [0.15, 0.2) is 24.5 Å². The van der Waals surface area contributed by atoms with Gasteiger partial charge in [0.25, 0.3) is 0 Å². The first-order valence-corrected chi connectivity index (χ1v) is 6.29. The second-order valence-corrected chi connectivity index (χ2v) is 4.90. The second kappa shape index (κ2) is 5.74. The standard InChI is InChI=1S/C12H7Cl3N2O2/c13-7-1-2-8(14)11(15)10(7)12-16-4-6(5-17-12)3-9(18)19/h1-2,4-5H,3H2,(H,18,19). The molecule has 1 heterocycles. The van der Waals surface area contributed by atoms with E-state index >= 15 is 0 Å². The summed E-state index contributed by atoms with van der Waals surface area (Å²) >= 11 is 18.0. The van der Waals surface area contributed by atoms with Crippen molar-refractivity contribution in [1.82, 2.24) is 9.97 Å². The summed E-state index contributed by atoms with van der Waals surface area (Å²) in [5, 5.41) is 9.65. The van der Waals surface area contributed by atoms with Gasteiger partial charge in [-0.25, -0.2) is 9.97 Å². The Hall–Kier alpha value is -1.36. The summed E-state index contributed by atoms with van der Waals surface area (Å²) in [5.74, 6) is -0.651. The number of carboxylic acids is 1. The Morgan fingerprint density at radius 1 is 1.11 bits per heavy atom. The first-order chi connectivity index (χ1) is 8.99. The van der Waals surface area contributed by atoms with Crippen molar-refractivity contribution < 1.29 is 9.90 Å². The smallest absolute Gasteiger partial charge is 0.307 e. The van der Waals surface area contributed by atoms with E-state index in [1.165, 1.54) is 12.4 Å². The monoisotopic (exact) mass is 316 g/mol. The highest BCUT2D eigenvalue weighted by atomic mass is 35.5. The van der Waals surface area contributed by atoms with Crippen LogP contribution in [0.5, 0.6) is 0 Å². The lowest BCUT2D eigenvalue weighted by Crippen LogP contribution is -2.02. The van der Waals surface area contributed by atoms with E-state index in [-0.39, 0.29) is 11.4 Å². The van der Waals surface area contributed by atoms with Crippen LogP contribution < -0.4 is 0 Å². The van der Waals surface area contributed by atoms with Gasteiger partial charge in [-0.1, -0.05) is 34.8 Å². The van der Waals surface area contributed by atoms with Crippen LogP contribution in [0.25, 0.3) is 11.4 Å². The van der Waals surface area contributed by atoms with Gasteiger partial charge in [0.05, 0.1) is 27.1 Å². The zero-order valence-electron chi connectivity index (χ0n) is 9.40. The maximum atomic E-state index is 10.6. The summed E-state index contributed by atoms with van der Waals surface area (Å²) in [6.07, 6.45) is 2.70. The van der Waals surface area contributed by atoms with Crippen molar-refractivity contribution in [3.05, 3.63) is 45.2 Å². The van der Waals surface area contributed by atoms with E-state index < -0.39 is 5.97 Å². The van der Waals surface area contributed by atoms with Gasteiger partial charge >= 0.3 is 5.97 Å². The van der Waals surface area contributed by atoms with Gasteiger partial charge in [-0.2, -0.15) is 0 Å². The highest BCUT2D eigenvalue weighted by Gasteiger charge is 2.14. The van der Waals surface area contributed by atoms with E-state index in [2.05, 4.69) is 9.97 Å². The molecule has 1 N–H and O–H groups in total. The van der Waals surface area contributed by atoms with Crippen molar-refractivity contribution in [2.24, 2.45) is 0 Å². The molecule has 0 radical (unpaired) electrons. The molecule has 0 fully saturated rings. The Bertz CT molecular complexity index is 630.